The molecule has 1 heterocycles. The van der Waals surface area contributed by atoms with Gasteiger partial charge in [-0.3, -0.25) is 0 Å². The number of carbonyl (C=O) groups excluding carboxylic acids is 3. The van der Waals surface area contributed by atoms with Gasteiger partial charge in [-0.05, 0) is 77.5 Å². The van der Waals surface area contributed by atoms with E-state index >= 15 is 0 Å². The number of esters is 3. The summed E-state index contributed by atoms with van der Waals surface area (Å²) in [4.78, 5) is 39.1. The summed E-state index contributed by atoms with van der Waals surface area (Å²) in [6.07, 6.45) is 6.83. The highest BCUT2D eigenvalue weighted by molar-refractivity contribution is 6.00. The van der Waals surface area contributed by atoms with Gasteiger partial charge in [0.2, 0.25) is 0 Å². The molecule has 1 saturated carbocycles. The van der Waals surface area contributed by atoms with Crippen molar-refractivity contribution in [3.05, 3.63) is 63.5 Å². The Morgan fingerprint density at radius 3 is 2.03 bits per heavy atom. The van der Waals surface area contributed by atoms with Crippen LogP contribution in [-0.2, 0) is 28.6 Å². The van der Waals surface area contributed by atoms with Crippen molar-refractivity contribution in [2.45, 2.75) is 78.7 Å². The highest BCUT2D eigenvalue weighted by Crippen LogP contribution is 2.41. The number of carbonyl (C=O) groups is 3. The van der Waals surface area contributed by atoms with Crippen molar-refractivity contribution < 1.29 is 28.6 Å². The van der Waals surface area contributed by atoms with Crippen LogP contribution in [0.2, 0.25) is 0 Å². The van der Waals surface area contributed by atoms with Crippen LogP contribution in [0.25, 0.3) is 6.08 Å². The van der Waals surface area contributed by atoms with Gasteiger partial charge < -0.3 is 19.5 Å². The summed E-state index contributed by atoms with van der Waals surface area (Å²) in [7, 11) is 0. The molecule has 2 aliphatic rings. The lowest BCUT2D eigenvalue weighted by molar-refractivity contribution is -0.145. The predicted molar refractivity (Wildman–Crippen MR) is 138 cm³/mol. The van der Waals surface area contributed by atoms with E-state index in [-0.39, 0.29) is 25.3 Å². The lowest BCUT2D eigenvalue weighted by atomic mass is 9.78. The van der Waals surface area contributed by atoms with Crippen molar-refractivity contribution in [3.8, 4) is 0 Å². The molecule has 194 valence electrons. The monoisotopic (exact) mass is 495 g/mol. The minimum Gasteiger partial charge on any atom is -0.463 e. The summed E-state index contributed by atoms with van der Waals surface area (Å²) >= 11 is 0. The molecule has 0 bridgehead atoms. The lowest BCUT2D eigenvalue weighted by Crippen LogP contribution is -2.32. The maximum absolute atomic E-state index is 13.1. The fraction of sp³-hybridized carbons (Fsp3) is 0.483. The molecule has 0 saturated heterocycles. The first-order valence-electron chi connectivity index (χ1n) is 12.8. The number of hydrogen-bond acceptors (Lipinski definition) is 7. The van der Waals surface area contributed by atoms with E-state index < -0.39 is 17.9 Å². The van der Waals surface area contributed by atoms with Gasteiger partial charge in [0.25, 0.3) is 0 Å². The van der Waals surface area contributed by atoms with Gasteiger partial charge in [0.1, 0.15) is 6.10 Å². The molecule has 0 amide bonds. The van der Waals surface area contributed by atoms with Gasteiger partial charge in [-0.25, -0.2) is 14.4 Å². The maximum atomic E-state index is 13.1. The largest absolute Gasteiger partial charge is 0.463 e. The van der Waals surface area contributed by atoms with E-state index in [4.69, 9.17) is 14.2 Å². The van der Waals surface area contributed by atoms with Crippen molar-refractivity contribution >= 4 is 24.0 Å². The second kappa shape index (κ2) is 12.6. The Kier molecular flexibility index (Phi) is 9.51. The summed E-state index contributed by atoms with van der Waals surface area (Å²) in [5.41, 5.74) is 3.77. The van der Waals surface area contributed by atoms with Gasteiger partial charge >= 0.3 is 17.9 Å². The molecule has 1 aromatic rings. The first-order valence-corrected chi connectivity index (χ1v) is 12.8. The van der Waals surface area contributed by atoms with Crippen molar-refractivity contribution in [2.24, 2.45) is 0 Å². The zero-order valence-electron chi connectivity index (χ0n) is 21.9. The van der Waals surface area contributed by atoms with Crippen LogP contribution in [0.5, 0.6) is 0 Å². The van der Waals surface area contributed by atoms with Crippen LogP contribution >= 0.6 is 0 Å². The number of rotatable bonds is 8. The molecule has 0 aromatic heterocycles. The molecular weight excluding hydrogens is 458 g/mol. The van der Waals surface area contributed by atoms with Crippen molar-refractivity contribution in [1.82, 2.24) is 5.32 Å². The third kappa shape index (κ3) is 6.25. The van der Waals surface area contributed by atoms with E-state index in [1.807, 2.05) is 24.3 Å². The normalized spacial score (nSPS) is 17.5. The molecule has 1 N–H and O–H groups in total. The van der Waals surface area contributed by atoms with E-state index in [1.54, 1.807) is 40.7 Å². The van der Waals surface area contributed by atoms with Gasteiger partial charge in [-0.1, -0.05) is 30.7 Å². The second-order valence-electron chi connectivity index (χ2n) is 9.20. The molecule has 1 aliphatic heterocycles. The van der Waals surface area contributed by atoms with Crippen molar-refractivity contribution in [1.29, 1.82) is 0 Å². The average molecular weight is 496 g/mol. The molecular formula is C29H37NO6. The maximum Gasteiger partial charge on any atom is 0.336 e. The SMILES string of the molecule is CCOC(=O)C1=C(C)NC(C)=C(C(=O)OCC)C1c1ccccc1C=C(C)C(=O)OC1CCCCC1. The number of dihydropyridines is 1. The summed E-state index contributed by atoms with van der Waals surface area (Å²) in [5.74, 6) is -2.08. The molecule has 7 nitrogen and oxygen atoms in total. The number of allylic oxidation sites excluding steroid dienone is 2. The second-order valence-corrected chi connectivity index (χ2v) is 9.20. The highest BCUT2D eigenvalue weighted by Gasteiger charge is 2.38. The van der Waals surface area contributed by atoms with Gasteiger partial charge in [0.05, 0.1) is 30.3 Å². The number of hydrogen-bond donors (Lipinski definition) is 1. The van der Waals surface area contributed by atoms with E-state index in [9.17, 15) is 14.4 Å². The van der Waals surface area contributed by atoms with Gasteiger partial charge in [0.15, 0.2) is 0 Å². The van der Waals surface area contributed by atoms with Crippen LogP contribution in [0.4, 0.5) is 0 Å². The number of ether oxygens (including phenoxy) is 3. The van der Waals surface area contributed by atoms with Crippen LogP contribution in [0, 0.1) is 0 Å². The molecule has 7 heteroatoms. The number of benzene rings is 1. The zero-order chi connectivity index (χ0) is 26.2. The summed E-state index contributed by atoms with van der Waals surface area (Å²) < 4.78 is 16.5. The van der Waals surface area contributed by atoms with E-state index in [0.717, 1.165) is 25.7 Å². The molecule has 0 spiro atoms. The topological polar surface area (TPSA) is 90.9 Å². The molecule has 0 atom stereocenters. The fourth-order valence-electron chi connectivity index (χ4n) is 4.89. The standard InChI is InChI=1S/C29H37NO6/c1-6-34-28(32)24-19(4)30-20(5)25(29(33)35-7-2)26(24)23-16-12-11-13-21(23)17-18(3)27(31)36-22-14-9-8-10-15-22/h11-13,16-17,22,26,30H,6-10,14-15H2,1-5H3. The van der Waals surface area contributed by atoms with Crippen LogP contribution in [0.15, 0.2) is 52.4 Å². The molecule has 3 rings (SSSR count). The number of nitrogens with one attached hydrogen (secondary N) is 1. The molecule has 36 heavy (non-hydrogen) atoms. The Morgan fingerprint density at radius 1 is 0.917 bits per heavy atom. The third-order valence-corrected chi connectivity index (χ3v) is 6.58. The van der Waals surface area contributed by atoms with Gasteiger partial charge in [0, 0.05) is 17.0 Å². The van der Waals surface area contributed by atoms with Crippen LogP contribution in [0.3, 0.4) is 0 Å². The quantitative estimate of drug-likeness (QED) is 0.296. The summed E-state index contributed by atoms with van der Waals surface area (Å²) in [6.45, 7) is 9.19. The zero-order valence-corrected chi connectivity index (χ0v) is 21.9. The smallest absolute Gasteiger partial charge is 0.336 e. The summed E-state index contributed by atoms with van der Waals surface area (Å²) in [6, 6.07) is 7.43. The predicted octanol–water partition coefficient (Wildman–Crippen LogP) is 5.33. The lowest BCUT2D eigenvalue weighted by Gasteiger charge is -2.31. The van der Waals surface area contributed by atoms with Crippen LogP contribution < -0.4 is 5.32 Å². The average Bonchev–Trinajstić information content (AvgIpc) is 2.84. The van der Waals surface area contributed by atoms with E-state index in [2.05, 4.69) is 5.32 Å². The fourth-order valence-corrected chi connectivity index (χ4v) is 4.89. The first-order chi connectivity index (χ1) is 17.3. The van der Waals surface area contributed by atoms with E-state index in [1.165, 1.54) is 6.42 Å². The minimum absolute atomic E-state index is 0.0451. The van der Waals surface area contributed by atoms with Crippen LogP contribution in [-0.4, -0.2) is 37.2 Å². The Balaban J connectivity index is 2.06. The minimum atomic E-state index is -0.723. The molecule has 0 unspecified atom stereocenters. The molecule has 1 aliphatic carbocycles. The van der Waals surface area contributed by atoms with Crippen molar-refractivity contribution in [3.63, 3.8) is 0 Å². The van der Waals surface area contributed by atoms with Gasteiger partial charge in [-0.2, -0.15) is 0 Å². The Bertz CT molecular complexity index is 1050. The first kappa shape index (κ1) is 27.2. The molecule has 1 fully saturated rings. The van der Waals surface area contributed by atoms with Crippen molar-refractivity contribution in [2.75, 3.05) is 13.2 Å². The van der Waals surface area contributed by atoms with Crippen LogP contribution in [0.1, 0.15) is 83.8 Å². The molecule has 1 aromatic carbocycles. The van der Waals surface area contributed by atoms with Gasteiger partial charge in [-0.15, -0.1) is 0 Å². The molecule has 0 radical (unpaired) electrons. The van der Waals surface area contributed by atoms with E-state index in [0.29, 0.717) is 39.2 Å². The Labute approximate surface area is 213 Å². The summed E-state index contributed by atoms with van der Waals surface area (Å²) in [5, 5.41) is 3.15. The Hall–Kier alpha value is -3.35. The Morgan fingerprint density at radius 2 is 1.47 bits per heavy atom. The highest BCUT2D eigenvalue weighted by atomic mass is 16.5. The third-order valence-electron chi connectivity index (χ3n) is 6.58.